The molecule has 0 aromatic carbocycles. The molecule has 0 spiro atoms. The zero-order valence-electron chi connectivity index (χ0n) is 11.9. The van der Waals surface area contributed by atoms with Crippen LogP contribution < -0.4 is 5.73 Å². The van der Waals surface area contributed by atoms with Crippen molar-refractivity contribution in [3.8, 4) is 0 Å². The monoisotopic (exact) mass is 254 g/mol. The summed E-state index contributed by atoms with van der Waals surface area (Å²) >= 11 is 0. The fourth-order valence-corrected chi connectivity index (χ4v) is 4.10. The molecular weight excluding hydrogens is 224 g/mol. The van der Waals surface area contributed by atoms with Gasteiger partial charge in [0, 0.05) is 12.1 Å². The fourth-order valence-electron chi connectivity index (χ4n) is 4.10. The first-order chi connectivity index (χ1) is 8.77. The molecule has 0 aliphatic heterocycles. The van der Waals surface area contributed by atoms with Crippen LogP contribution in [0.25, 0.3) is 0 Å². The maximum Gasteiger partial charge on any atom is 0.0695 e. The predicted octanol–water partition coefficient (Wildman–Crippen LogP) is 2.13. The van der Waals surface area contributed by atoms with Crippen molar-refractivity contribution in [2.24, 2.45) is 11.7 Å². The molecule has 0 aromatic rings. The fraction of sp³-hybridized carbons (Fsp3) is 1.00. The molecular formula is C15H30N2O. The summed E-state index contributed by atoms with van der Waals surface area (Å²) in [6, 6.07) is 1.01. The summed E-state index contributed by atoms with van der Waals surface area (Å²) in [6.45, 7) is 4.11. The maximum absolute atomic E-state index is 10.4. The highest BCUT2D eigenvalue weighted by molar-refractivity contribution is 4.91. The highest BCUT2D eigenvalue weighted by Gasteiger charge is 2.36. The van der Waals surface area contributed by atoms with E-state index in [0.717, 1.165) is 19.5 Å². The summed E-state index contributed by atoms with van der Waals surface area (Å²) in [7, 11) is 0. The van der Waals surface area contributed by atoms with Crippen LogP contribution in [0.15, 0.2) is 0 Å². The summed E-state index contributed by atoms with van der Waals surface area (Å²) in [5.41, 5.74) is 5.92. The number of rotatable bonds is 4. The topological polar surface area (TPSA) is 49.5 Å². The lowest BCUT2D eigenvalue weighted by molar-refractivity contribution is 0.0133. The molecule has 2 aliphatic carbocycles. The lowest BCUT2D eigenvalue weighted by Gasteiger charge is -2.40. The Kier molecular flexibility index (Phi) is 5.46. The van der Waals surface area contributed by atoms with Gasteiger partial charge in [-0.05, 0) is 44.7 Å². The molecule has 2 fully saturated rings. The minimum absolute atomic E-state index is 0.119. The SMILES string of the molecule is CCN(C1CCCCCC1O)C1CCCC1CN. The van der Waals surface area contributed by atoms with Gasteiger partial charge in [0.15, 0.2) is 0 Å². The van der Waals surface area contributed by atoms with Crippen LogP contribution in [-0.4, -0.2) is 41.3 Å². The second-order valence-electron chi connectivity index (χ2n) is 6.10. The normalized spacial score (nSPS) is 38.0. The van der Waals surface area contributed by atoms with E-state index in [0.29, 0.717) is 18.0 Å². The Balaban J connectivity index is 2.05. The van der Waals surface area contributed by atoms with Crippen LogP contribution >= 0.6 is 0 Å². The molecule has 0 heterocycles. The molecule has 18 heavy (non-hydrogen) atoms. The standard InChI is InChI=1S/C15H30N2O/c1-2-17(13-9-6-7-12(13)11-16)14-8-4-3-5-10-15(14)18/h12-15,18H,2-11,16H2,1H3. The average molecular weight is 254 g/mol. The van der Waals surface area contributed by atoms with Crippen LogP contribution in [0.1, 0.15) is 58.3 Å². The number of aliphatic hydroxyl groups is 1. The van der Waals surface area contributed by atoms with E-state index in [1.807, 2.05) is 0 Å². The molecule has 3 N–H and O–H groups in total. The van der Waals surface area contributed by atoms with Gasteiger partial charge in [0.25, 0.3) is 0 Å². The van der Waals surface area contributed by atoms with Crippen LogP contribution in [0.4, 0.5) is 0 Å². The van der Waals surface area contributed by atoms with Crippen molar-refractivity contribution in [3.63, 3.8) is 0 Å². The first kappa shape index (κ1) is 14.3. The van der Waals surface area contributed by atoms with Crippen molar-refractivity contribution < 1.29 is 5.11 Å². The summed E-state index contributed by atoms with van der Waals surface area (Å²) in [6.07, 6.45) is 9.66. The molecule has 0 saturated heterocycles. The van der Waals surface area contributed by atoms with Crippen molar-refractivity contribution in [1.29, 1.82) is 0 Å². The van der Waals surface area contributed by atoms with Crippen LogP contribution in [0, 0.1) is 5.92 Å². The molecule has 2 aliphatic rings. The minimum atomic E-state index is -0.119. The van der Waals surface area contributed by atoms with Gasteiger partial charge in [0.1, 0.15) is 0 Å². The van der Waals surface area contributed by atoms with Gasteiger partial charge in [0.2, 0.25) is 0 Å². The van der Waals surface area contributed by atoms with E-state index >= 15 is 0 Å². The van der Waals surface area contributed by atoms with E-state index in [1.165, 1.54) is 44.9 Å². The lowest BCUT2D eigenvalue weighted by atomic mass is 9.96. The zero-order chi connectivity index (χ0) is 13.0. The Morgan fingerprint density at radius 2 is 1.72 bits per heavy atom. The summed E-state index contributed by atoms with van der Waals surface area (Å²) in [4.78, 5) is 2.58. The Labute approximate surface area is 112 Å². The van der Waals surface area contributed by atoms with E-state index in [1.54, 1.807) is 0 Å². The molecule has 4 unspecified atom stereocenters. The number of hydrogen-bond donors (Lipinski definition) is 2. The average Bonchev–Trinajstić information content (AvgIpc) is 2.75. The predicted molar refractivity (Wildman–Crippen MR) is 75.4 cm³/mol. The molecule has 0 radical (unpaired) electrons. The van der Waals surface area contributed by atoms with Crippen molar-refractivity contribution in [3.05, 3.63) is 0 Å². The Hall–Kier alpha value is -0.120. The van der Waals surface area contributed by atoms with Crippen molar-refractivity contribution in [1.82, 2.24) is 4.90 Å². The number of likely N-dealkylation sites (N-methyl/N-ethyl adjacent to an activating group) is 1. The van der Waals surface area contributed by atoms with Gasteiger partial charge in [-0.15, -0.1) is 0 Å². The van der Waals surface area contributed by atoms with E-state index in [4.69, 9.17) is 5.73 Å². The smallest absolute Gasteiger partial charge is 0.0695 e. The Morgan fingerprint density at radius 3 is 2.44 bits per heavy atom. The van der Waals surface area contributed by atoms with Gasteiger partial charge in [-0.25, -0.2) is 0 Å². The first-order valence-corrected chi connectivity index (χ1v) is 7.91. The van der Waals surface area contributed by atoms with Crippen molar-refractivity contribution >= 4 is 0 Å². The Morgan fingerprint density at radius 1 is 1.00 bits per heavy atom. The summed E-state index contributed by atoms with van der Waals surface area (Å²) in [5.74, 6) is 0.653. The largest absolute Gasteiger partial charge is 0.391 e. The highest BCUT2D eigenvalue weighted by Crippen LogP contribution is 2.33. The molecule has 4 atom stereocenters. The van der Waals surface area contributed by atoms with Gasteiger partial charge in [0.05, 0.1) is 6.10 Å². The van der Waals surface area contributed by atoms with Crippen molar-refractivity contribution in [2.45, 2.75) is 76.5 Å². The van der Waals surface area contributed by atoms with E-state index in [-0.39, 0.29) is 6.10 Å². The quantitative estimate of drug-likeness (QED) is 0.756. The summed E-state index contributed by atoms with van der Waals surface area (Å²) < 4.78 is 0. The molecule has 2 rings (SSSR count). The second-order valence-corrected chi connectivity index (χ2v) is 6.10. The highest BCUT2D eigenvalue weighted by atomic mass is 16.3. The number of hydrogen-bond acceptors (Lipinski definition) is 3. The number of aliphatic hydroxyl groups excluding tert-OH is 1. The first-order valence-electron chi connectivity index (χ1n) is 7.91. The van der Waals surface area contributed by atoms with Crippen molar-refractivity contribution in [2.75, 3.05) is 13.1 Å². The van der Waals surface area contributed by atoms with Crippen LogP contribution in [0.2, 0.25) is 0 Å². The molecule has 106 valence electrons. The molecule has 0 amide bonds. The van der Waals surface area contributed by atoms with Gasteiger partial charge in [-0.2, -0.15) is 0 Å². The van der Waals surface area contributed by atoms with Gasteiger partial charge < -0.3 is 10.8 Å². The second kappa shape index (κ2) is 6.88. The number of nitrogens with two attached hydrogens (primary N) is 1. The van der Waals surface area contributed by atoms with E-state index in [9.17, 15) is 5.11 Å². The Bertz CT molecular complexity index is 247. The zero-order valence-corrected chi connectivity index (χ0v) is 11.9. The van der Waals surface area contributed by atoms with Gasteiger partial charge in [-0.3, -0.25) is 4.90 Å². The third-order valence-corrected chi connectivity index (χ3v) is 5.08. The molecule has 0 aromatic heterocycles. The van der Waals surface area contributed by atoms with Crippen LogP contribution in [0.5, 0.6) is 0 Å². The van der Waals surface area contributed by atoms with Gasteiger partial charge >= 0.3 is 0 Å². The molecule has 0 bridgehead atoms. The summed E-state index contributed by atoms with van der Waals surface area (Å²) in [5, 5.41) is 10.4. The van der Waals surface area contributed by atoms with Crippen LogP contribution in [-0.2, 0) is 0 Å². The van der Waals surface area contributed by atoms with E-state index in [2.05, 4.69) is 11.8 Å². The molecule has 2 saturated carbocycles. The number of nitrogens with zero attached hydrogens (tertiary/aromatic N) is 1. The molecule has 3 heteroatoms. The molecule has 3 nitrogen and oxygen atoms in total. The lowest BCUT2D eigenvalue weighted by Crippen LogP contribution is -2.50. The van der Waals surface area contributed by atoms with Crippen LogP contribution in [0.3, 0.4) is 0 Å². The van der Waals surface area contributed by atoms with Gasteiger partial charge in [-0.1, -0.05) is 32.6 Å². The van der Waals surface area contributed by atoms with E-state index < -0.39 is 0 Å². The third kappa shape index (κ3) is 3.06. The minimum Gasteiger partial charge on any atom is -0.391 e. The maximum atomic E-state index is 10.4. The third-order valence-electron chi connectivity index (χ3n) is 5.08.